The highest BCUT2D eigenvalue weighted by Gasteiger charge is 2.44. The molecule has 128 valence electrons. The van der Waals surface area contributed by atoms with Crippen molar-refractivity contribution in [1.82, 2.24) is 9.29 Å². The second-order valence-corrected chi connectivity index (χ2v) is 8.29. The summed E-state index contributed by atoms with van der Waals surface area (Å²) < 4.78 is 36.8. The maximum atomic E-state index is 11.9. The van der Waals surface area contributed by atoms with Crippen molar-refractivity contribution < 1.29 is 17.9 Å². The molecule has 0 unspecified atom stereocenters. The highest BCUT2D eigenvalue weighted by Crippen LogP contribution is 2.33. The smallest absolute Gasteiger partial charge is 0.211 e. The molecule has 3 heterocycles. The summed E-state index contributed by atoms with van der Waals surface area (Å²) in [5.74, 6) is 1.14. The molecular weight excluding hydrogens is 318 g/mol. The van der Waals surface area contributed by atoms with Gasteiger partial charge in [0, 0.05) is 31.7 Å². The van der Waals surface area contributed by atoms with E-state index >= 15 is 0 Å². The van der Waals surface area contributed by atoms with Crippen LogP contribution in [-0.4, -0.2) is 69.0 Å². The number of pyridine rings is 1. The Kier molecular flexibility index (Phi) is 4.86. The van der Waals surface area contributed by atoms with Gasteiger partial charge in [0.05, 0.1) is 26.1 Å². The Bertz CT molecular complexity index is 625. The van der Waals surface area contributed by atoms with Crippen LogP contribution < -0.4 is 5.32 Å². The fourth-order valence-electron chi connectivity index (χ4n) is 3.15. The Morgan fingerprint density at radius 3 is 3.09 bits per heavy atom. The average molecular weight is 341 g/mol. The number of nitrogens with zero attached hydrogens (tertiary/aromatic N) is 2. The predicted molar refractivity (Wildman–Crippen MR) is 86.8 cm³/mol. The van der Waals surface area contributed by atoms with E-state index in [-0.39, 0.29) is 0 Å². The SMILES string of the molecule is CS(=O)(=O)N1CCOC[C@@]2(C[C@H](CNc3ccccn3)CO2)C1. The van der Waals surface area contributed by atoms with Gasteiger partial charge in [0.2, 0.25) is 10.0 Å². The van der Waals surface area contributed by atoms with Gasteiger partial charge in [-0.15, -0.1) is 0 Å². The third-order valence-corrected chi connectivity index (χ3v) is 5.56. The zero-order valence-corrected chi connectivity index (χ0v) is 14.1. The fraction of sp³-hybridized carbons (Fsp3) is 0.667. The Balaban J connectivity index is 1.60. The summed E-state index contributed by atoms with van der Waals surface area (Å²) in [6, 6.07) is 5.73. The molecule has 7 nitrogen and oxygen atoms in total. The number of anilines is 1. The molecule has 8 heteroatoms. The summed E-state index contributed by atoms with van der Waals surface area (Å²) in [5.41, 5.74) is -0.532. The molecule has 0 bridgehead atoms. The van der Waals surface area contributed by atoms with Gasteiger partial charge in [-0.3, -0.25) is 0 Å². The quantitative estimate of drug-likeness (QED) is 0.862. The van der Waals surface area contributed by atoms with Gasteiger partial charge in [-0.2, -0.15) is 4.31 Å². The van der Waals surface area contributed by atoms with Crippen molar-refractivity contribution in [3.05, 3.63) is 24.4 Å². The van der Waals surface area contributed by atoms with Crippen molar-refractivity contribution in [2.45, 2.75) is 12.0 Å². The molecule has 3 rings (SSSR count). The van der Waals surface area contributed by atoms with Crippen molar-refractivity contribution in [3.63, 3.8) is 0 Å². The summed E-state index contributed by atoms with van der Waals surface area (Å²) in [4.78, 5) is 4.24. The molecule has 0 aliphatic carbocycles. The maximum absolute atomic E-state index is 11.9. The number of sulfonamides is 1. The standard InChI is InChI=1S/C15H23N3O4S/c1-23(19,20)18-6-7-21-12-15(11-18)8-13(10-22-15)9-17-14-4-2-3-5-16-14/h2-5,13H,6-12H2,1H3,(H,16,17)/t13-,15-/m1/s1. The molecule has 0 saturated carbocycles. The first-order valence-electron chi connectivity index (χ1n) is 7.79. The minimum Gasteiger partial charge on any atom is -0.377 e. The van der Waals surface area contributed by atoms with Crippen LogP contribution in [0.3, 0.4) is 0 Å². The predicted octanol–water partition coefficient (Wildman–Crippen LogP) is 0.561. The highest BCUT2D eigenvalue weighted by atomic mass is 32.2. The molecule has 2 atom stereocenters. The van der Waals surface area contributed by atoms with Gasteiger partial charge in [0.25, 0.3) is 0 Å². The molecule has 1 spiro atoms. The monoisotopic (exact) mass is 341 g/mol. The van der Waals surface area contributed by atoms with E-state index in [1.165, 1.54) is 10.6 Å². The van der Waals surface area contributed by atoms with E-state index in [0.717, 1.165) is 18.8 Å². The van der Waals surface area contributed by atoms with Crippen molar-refractivity contribution >= 4 is 15.8 Å². The van der Waals surface area contributed by atoms with Crippen LogP contribution in [-0.2, 0) is 19.5 Å². The lowest BCUT2D eigenvalue weighted by Crippen LogP contribution is -2.46. The van der Waals surface area contributed by atoms with Gasteiger partial charge >= 0.3 is 0 Å². The van der Waals surface area contributed by atoms with E-state index in [2.05, 4.69) is 10.3 Å². The normalized spacial score (nSPS) is 29.5. The van der Waals surface area contributed by atoms with Gasteiger partial charge in [-0.25, -0.2) is 13.4 Å². The largest absolute Gasteiger partial charge is 0.377 e. The maximum Gasteiger partial charge on any atom is 0.211 e. The zero-order valence-electron chi connectivity index (χ0n) is 13.3. The Hall–Kier alpha value is -1.22. The number of rotatable bonds is 4. The third kappa shape index (κ3) is 4.20. The Morgan fingerprint density at radius 2 is 2.35 bits per heavy atom. The number of hydrogen-bond acceptors (Lipinski definition) is 6. The van der Waals surface area contributed by atoms with Crippen molar-refractivity contribution in [1.29, 1.82) is 0 Å². The summed E-state index contributed by atoms with van der Waals surface area (Å²) in [6.45, 7) is 2.96. The first kappa shape index (κ1) is 16.6. The fourth-order valence-corrected chi connectivity index (χ4v) is 4.03. The molecule has 2 aliphatic rings. The lowest BCUT2D eigenvalue weighted by atomic mass is 9.94. The van der Waals surface area contributed by atoms with E-state index in [1.54, 1.807) is 6.20 Å². The van der Waals surface area contributed by atoms with Crippen LogP contribution in [0.1, 0.15) is 6.42 Å². The lowest BCUT2D eigenvalue weighted by Gasteiger charge is -2.29. The lowest BCUT2D eigenvalue weighted by molar-refractivity contribution is -0.0511. The van der Waals surface area contributed by atoms with Gasteiger partial charge in [-0.05, 0) is 18.6 Å². The van der Waals surface area contributed by atoms with Crippen LogP contribution in [0, 0.1) is 5.92 Å². The highest BCUT2D eigenvalue weighted by molar-refractivity contribution is 7.88. The number of aromatic nitrogens is 1. The number of nitrogens with one attached hydrogen (secondary N) is 1. The van der Waals surface area contributed by atoms with E-state index in [4.69, 9.17) is 9.47 Å². The van der Waals surface area contributed by atoms with E-state index in [0.29, 0.717) is 38.8 Å². The van der Waals surface area contributed by atoms with Crippen LogP contribution in [0.2, 0.25) is 0 Å². The molecule has 1 aromatic heterocycles. The molecule has 2 aliphatic heterocycles. The van der Waals surface area contributed by atoms with Crippen molar-refractivity contribution in [3.8, 4) is 0 Å². The Labute approximate surface area is 137 Å². The van der Waals surface area contributed by atoms with E-state index in [9.17, 15) is 8.42 Å². The molecule has 1 aromatic rings. The number of ether oxygens (including phenoxy) is 2. The van der Waals surface area contributed by atoms with E-state index < -0.39 is 15.6 Å². The molecule has 2 fully saturated rings. The van der Waals surface area contributed by atoms with Gasteiger partial charge < -0.3 is 14.8 Å². The minimum absolute atomic E-state index is 0.306. The Morgan fingerprint density at radius 1 is 1.48 bits per heavy atom. The van der Waals surface area contributed by atoms with Crippen LogP contribution in [0.4, 0.5) is 5.82 Å². The molecule has 0 radical (unpaired) electrons. The summed E-state index contributed by atoms with van der Waals surface area (Å²) >= 11 is 0. The summed E-state index contributed by atoms with van der Waals surface area (Å²) in [7, 11) is -3.24. The van der Waals surface area contributed by atoms with E-state index in [1.807, 2.05) is 18.2 Å². The molecular formula is C15H23N3O4S. The third-order valence-electron chi connectivity index (χ3n) is 4.31. The first-order chi connectivity index (χ1) is 11.0. The molecule has 23 heavy (non-hydrogen) atoms. The number of hydrogen-bond donors (Lipinski definition) is 1. The second kappa shape index (κ2) is 6.72. The van der Waals surface area contributed by atoms with Gasteiger partial charge in [0.15, 0.2) is 0 Å². The molecule has 2 saturated heterocycles. The van der Waals surface area contributed by atoms with Crippen LogP contribution >= 0.6 is 0 Å². The molecule has 0 aromatic carbocycles. The first-order valence-corrected chi connectivity index (χ1v) is 9.63. The van der Waals surface area contributed by atoms with Gasteiger partial charge in [-0.1, -0.05) is 6.07 Å². The van der Waals surface area contributed by atoms with Crippen molar-refractivity contribution in [2.75, 3.05) is 51.0 Å². The zero-order chi connectivity index (χ0) is 16.3. The molecule has 0 amide bonds. The minimum atomic E-state index is -3.24. The molecule has 1 N–H and O–H groups in total. The average Bonchev–Trinajstić information content (AvgIpc) is 2.78. The van der Waals surface area contributed by atoms with Crippen LogP contribution in [0.25, 0.3) is 0 Å². The summed E-state index contributed by atoms with van der Waals surface area (Å²) in [6.07, 6.45) is 3.76. The van der Waals surface area contributed by atoms with Crippen molar-refractivity contribution in [2.24, 2.45) is 5.92 Å². The van der Waals surface area contributed by atoms with Crippen LogP contribution in [0.5, 0.6) is 0 Å². The topological polar surface area (TPSA) is 80.8 Å². The second-order valence-electron chi connectivity index (χ2n) is 6.31. The van der Waals surface area contributed by atoms with Gasteiger partial charge in [0.1, 0.15) is 11.4 Å². The van der Waals surface area contributed by atoms with Crippen LogP contribution in [0.15, 0.2) is 24.4 Å². The summed E-state index contributed by atoms with van der Waals surface area (Å²) in [5, 5.41) is 3.30.